The molecular formula is C21H27N3O6S. The Morgan fingerprint density at radius 1 is 1.26 bits per heavy atom. The molecule has 4 unspecified atom stereocenters. The first kappa shape index (κ1) is 22.9. The van der Waals surface area contributed by atoms with E-state index in [1.165, 1.54) is 0 Å². The first-order chi connectivity index (χ1) is 14.9. The minimum absolute atomic E-state index is 0.0924. The van der Waals surface area contributed by atoms with Gasteiger partial charge in [-0.3, -0.25) is 9.59 Å². The quantitative estimate of drug-likeness (QED) is 0.556. The van der Waals surface area contributed by atoms with Crippen LogP contribution in [0.1, 0.15) is 31.2 Å². The fourth-order valence-electron chi connectivity index (χ4n) is 4.13. The first-order valence-electron chi connectivity index (χ1n) is 10.2. The number of benzene rings is 1. The Labute approximate surface area is 184 Å². The maximum absolute atomic E-state index is 12.9. The molecule has 1 saturated carbocycles. The van der Waals surface area contributed by atoms with E-state index >= 15 is 0 Å². The summed E-state index contributed by atoms with van der Waals surface area (Å²) in [5.74, 6) is -0.754. The van der Waals surface area contributed by atoms with Crippen molar-refractivity contribution in [1.29, 1.82) is 0 Å². The average molecular weight is 450 g/mol. The third-order valence-corrected chi connectivity index (χ3v) is 6.35. The molecule has 1 aliphatic carbocycles. The zero-order valence-electron chi connectivity index (χ0n) is 17.3. The minimum atomic E-state index is -1.25. The van der Waals surface area contributed by atoms with Gasteiger partial charge in [-0.05, 0) is 43.3 Å². The summed E-state index contributed by atoms with van der Waals surface area (Å²) in [6.07, 6.45) is 1.82. The summed E-state index contributed by atoms with van der Waals surface area (Å²) in [5, 5.41) is 14.8. The number of likely N-dealkylation sites (tertiary alicyclic amines) is 1. The highest BCUT2D eigenvalue weighted by Crippen LogP contribution is 2.36. The molecule has 2 fully saturated rings. The van der Waals surface area contributed by atoms with Gasteiger partial charge in [0.25, 0.3) is 0 Å². The Hall–Kier alpha value is -2.75. The van der Waals surface area contributed by atoms with Crippen molar-refractivity contribution >= 4 is 35.8 Å². The number of ether oxygens (including phenoxy) is 1. The van der Waals surface area contributed by atoms with E-state index in [0.29, 0.717) is 31.4 Å². The fourth-order valence-corrected chi connectivity index (χ4v) is 4.60. The summed E-state index contributed by atoms with van der Waals surface area (Å²) < 4.78 is 5.22. The molecule has 4 atom stereocenters. The summed E-state index contributed by atoms with van der Waals surface area (Å²) >= 11 is 1.55. The van der Waals surface area contributed by atoms with E-state index in [0.717, 1.165) is 10.5 Å². The van der Waals surface area contributed by atoms with Crippen molar-refractivity contribution in [3.05, 3.63) is 35.9 Å². The standard InChI is InChI=1S/C21H27N3O6S/c1-31-10-9-17(23-20(27)30-12-13-5-3-2-4-6-13)18(25)22-16-8-7-14-11-15(16)19(26)24(14)21(28)29/h2-6,14-17H,7-12H2,1H3,(H,22,25)(H,23,27)(H,28,29). The number of amides is 4. The molecule has 3 N–H and O–H groups in total. The molecule has 1 aliphatic heterocycles. The van der Waals surface area contributed by atoms with Gasteiger partial charge in [-0.25, -0.2) is 14.5 Å². The van der Waals surface area contributed by atoms with Crippen LogP contribution < -0.4 is 10.6 Å². The highest BCUT2D eigenvalue weighted by atomic mass is 32.2. The number of rotatable bonds is 8. The molecule has 3 rings (SSSR count). The second-order valence-electron chi connectivity index (χ2n) is 7.72. The molecule has 31 heavy (non-hydrogen) atoms. The molecule has 0 spiro atoms. The first-order valence-corrected chi connectivity index (χ1v) is 11.6. The van der Waals surface area contributed by atoms with Crippen molar-refractivity contribution in [2.75, 3.05) is 12.0 Å². The van der Waals surface area contributed by atoms with Crippen LogP contribution in [0, 0.1) is 5.92 Å². The smallest absolute Gasteiger partial charge is 0.414 e. The van der Waals surface area contributed by atoms with Crippen LogP contribution >= 0.6 is 11.8 Å². The summed E-state index contributed by atoms with van der Waals surface area (Å²) in [6, 6.07) is 7.65. The van der Waals surface area contributed by atoms with Crippen molar-refractivity contribution in [2.24, 2.45) is 5.92 Å². The van der Waals surface area contributed by atoms with E-state index in [4.69, 9.17) is 4.74 Å². The maximum atomic E-state index is 12.9. The van der Waals surface area contributed by atoms with Gasteiger partial charge in [0.15, 0.2) is 0 Å². The van der Waals surface area contributed by atoms with Gasteiger partial charge in [-0.15, -0.1) is 0 Å². The lowest BCUT2D eigenvalue weighted by Gasteiger charge is -2.29. The van der Waals surface area contributed by atoms with Crippen LogP contribution in [0.2, 0.25) is 0 Å². The Balaban J connectivity index is 1.57. The van der Waals surface area contributed by atoms with E-state index in [-0.39, 0.29) is 12.6 Å². The van der Waals surface area contributed by atoms with Crippen LogP contribution in [-0.4, -0.2) is 64.1 Å². The number of nitrogens with zero attached hydrogens (tertiary/aromatic N) is 1. The number of thioether (sulfide) groups is 1. The summed E-state index contributed by atoms with van der Waals surface area (Å²) in [6.45, 7) is 0.0924. The zero-order chi connectivity index (χ0) is 22.4. The van der Waals surface area contributed by atoms with Crippen molar-refractivity contribution in [2.45, 2.75) is 50.4 Å². The van der Waals surface area contributed by atoms with Crippen LogP contribution in [0.25, 0.3) is 0 Å². The molecule has 2 bridgehead atoms. The number of hydrogen-bond donors (Lipinski definition) is 3. The molecular weight excluding hydrogens is 422 g/mol. The lowest BCUT2D eigenvalue weighted by atomic mass is 9.85. The van der Waals surface area contributed by atoms with E-state index in [1.54, 1.807) is 11.8 Å². The van der Waals surface area contributed by atoms with Crippen molar-refractivity contribution in [3.8, 4) is 0 Å². The van der Waals surface area contributed by atoms with Gasteiger partial charge in [0.05, 0.1) is 5.92 Å². The highest BCUT2D eigenvalue weighted by molar-refractivity contribution is 7.98. The molecule has 1 aromatic carbocycles. The number of imide groups is 1. The molecule has 0 radical (unpaired) electrons. The lowest BCUT2D eigenvalue weighted by Crippen LogP contribution is -2.52. The van der Waals surface area contributed by atoms with Gasteiger partial charge in [0.1, 0.15) is 12.6 Å². The number of alkyl carbamates (subject to hydrolysis) is 1. The van der Waals surface area contributed by atoms with Crippen LogP contribution in [0.5, 0.6) is 0 Å². The minimum Gasteiger partial charge on any atom is -0.465 e. The maximum Gasteiger partial charge on any atom is 0.414 e. The van der Waals surface area contributed by atoms with E-state index in [1.807, 2.05) is 36.6 Å². The Morgan fingerprint density at radius 3 is 2.68 bits per heavy atom. The largest absolute Gasteiger partial charge is 0.465 e. The number of hydrogen-bond acceptors (Lipinski definition) is 6. The SMILES string of the molecule is CSCCC(NC(=O)OCc1ccccc1)C(=O)NC1CCC2CC1C(=O)N2C(=O)O. The van der Waals surface area contributed by atoms with Crippen molar-refractivity contribution in [3.63, 3.8) is 0 Å². The molecule has 9 nitrogen and oxygen atoms in total. The summed E-state index contributed by atoms with van der Waals surface area (Å²) in [4.78, 5) is 49.8. The fraction of sp³-hybridized carbons (Fsp3) is 0.524. The average Bonchev–Trinajstić information content (AvgIpc) is 3.03. The van der Waals surface area contributed by atoms with Crippen LogP contribution in [0.3, 0.4) is 0 Å². The van der Waals surface area contributed by atoms with E-state index < -0.39 is 42.0 Å². The number of fused-ring (bicyclic) bond motifs is 2. The number of carbonyl (C=O) groups is 4. The Kier molecular flexibility index (Phi) is 7.78. The molecule has 2 aliphatic rings. The molecule has 1 aromatic rings. The van der Waals surface area contributed by atoms with Crippen LogP contribution in [-0.2, 0) is 20.9 Å². The third-order valence-electron chi connectivity index (χ3n) is 5.71. The Morgan fingerprint density at radius 2 is 2.00 bits per heavy atom. The molecule has 0 aromatic heterocycles. The van der Waals surface area contributed by atoms with Gasteiger partial charge < -0.3 is 20.5 Å². The van der Waals surface area contributed by atoms with Gasteiger partial charge in [0, 0.05) is 12.1 Å². The Bertz CT molecular complexity index is 821. The second-order valence-corrected chi connectivity index (χ2v) is 8.70. The highest BCUT2D eigenvalue weighted by Gasteiger charge is 2.50. The second kappa shape index (κ2) is 10.5. The zero-order valence-corrected chi connectivity index (χ0v) is 18.1. The molecule has 1 heterocycles. The number of nitrogens with one attached hydrogen (secondary N) is 2. The van der Waals surface area contributed by atoms with Crippen LogP contribution in [0.15, 0.2) is 30.3 Å². The summed E-state index contributed by atoms with van der Waals surface area (Å²) in [5.41, 5.74) is 0.835. The predicted octanol–water partition coefficient (Wildman–Crippen LogP) is 2.21. The number of carboxylic acid groups (broad SMARTS) is 1. The molecule has 1 saturated heterocycles. The molecule has 168 valence electrons. The van der Waals surface area contributed by atoms with E-state index in [9.17, 15) is 24.3 Å². The predicted molar refractivity (Wildman–Crippen MR) is 114 cm³/mol. The normalized spacial score (nSPS) is 23.2. The third kappa shape index (κ3) is 5.69. The van der Waals surface area contributed by atoms with Crippen molar-refractivity contribution in [1.82, 2.24) is 15.5 Å². The van der Waals surface area contributed by atoms with Gasteiger partial charge in [-0.1, -0.05) is 30.3 Å². The monoisotopic (exact) mass is 449 g/mol. The summed E-state index contributed by atoms with van der Waals surface area (Å²) in [7, 11) is 0. The van der Waals surface area contributed by atoms with E-state index in [2.05, 4.69) is 10.6 Å². The van der Waals surface area contributed by atoms with Gasteiger partial charge >= 0.3 is 12.2 Å². The van der Waals surface area contributed by atoms with Crippen molar-refractivity contribution < 1.29 is 29.0 Å². The van der Waals surface area contributed by atoms with Gasteiger partial charge in [-0.2, -0.15) is 11.8 Å². The van der Waals surface area contributed by atoms with Gasteiger partial charge in [0.2, 0.25) is 11.8 Å². The molecule has 10 heteroatoms. The lowest BCUT2D eigenvalue weighted by molar-refractivity contribution is -0.130. The topological polar surface area (TPSA) is 125 Å². The molecule has 4 amide bonds. The number of carbonyl (C=O) groups excluding carboxylic acids is 3. The van der Waals surface area contributed by atoms with Crippen LogP contribution in [0.4, 0.5) is 9.59 Å².